The van der Waals surface area contributed by atoms with Crippen molar-refractivity contribution < 1.29 is 9.13 Å². The fourth-order valence-electron chi connectivity index (χ4n) is 2.25. The summed E-state index contributed by atoms with van der Waals surface area (Å²) in [6.07, 6.45) is 0. The molecule has 3 heteroatoms. The molecule has 0 amide bonds. The number of hydrogen-bond donors (Lipinski definition) is 1. The zero-order valence-electron chi connectivity index (χ0n) is 12.1. The Bertz CT molecular complexity index is 583. The molecule has 0 aliphatic heterocycles. The van der Waals surface area contributed by atoms with Crippen molar-refractivity contribution in [2.45, 2.75) is 19.9 Å². The van der Waals surface area contributed by atoms with E-state index in [0.29, 0.717) is 6.61 Å². The number of benzene rings is 2. The van der Waals surface area contributed by atoms with Gasteiger partial charge in [-0.15, -0.1) is 0 Å². The lowest BCUT2D eigenvalue weighted by Gasteiger charge is -2.20. The topological polar surface area (TPSA) is 21.3 Å². The lowest BCUT2D eigenvalue weighted by atomic mass is 10.0. The number of ether oxygens (including phenoxy) is 1. The highest BCUT2D eigenvalue weighted by Gasteiger charge is 2.12. The highest BCUT2D eigenvalue weighted by atomic mass is 19.1. The van der Waals surface area contributed by atoms with E-state index in [9.17, 15) is 4.39 Å². The molecule has 2 aromatic rings. The predicted molar refractivity (Wildman–Crippen MR) is 79.6 cm³/mol. The van der Waals surface area contributed by atoms with Gasteiger partial charge in [0.15, 0.2) is 0 Å². The molecule has 0 fully saturated rings. The summed E-state index contributed by atoms with van der Waals surface area (Å²) in [5.41, 5.74) is 3.26. The van der Waals surface area contributed by atoms with Crippen molar-refractivity contribution in [2.75, 3.05) is 13.7 Å². The fraction of sp³-hybridized carbons (Fsp3) is 0.294. The summed E-state index contributed by atoms with van der Waals surface area (Å²) in [6.45, 7) is 4.44. The SMILES string of the molecule is CNC(COc1ccc(F)cc1C)c1ccccc1C. The molecule has 2 nitrogen and oxygen atoms in total. The average Bonchev–Trinajstić information content (AvgIpc) is 2.43. The van der Waals surface area contributed by atoms with Crippen molar-refractivity contribution >= 4 is 0 Å². The van der Waals surface area contributed by atoms with Crippen molar-refractivity contribution in [2.24, 2.45) is 0 Å². The van der Waals surface area contributed by atoms with E-state index in [-0.39, 0.29) is 11.9 Å². The van der Waals surface area contributed by atoms with Gasteiger partial charge in [0.2, 0.25) is 0 Å². The van der Waals surface area contributed by atoms with Crippen molar-refractivity contribution in [3.05, 3.63) is 65.0 Å². The van der Waals surface area contributed by atoms with E-state index >= 15 is 0 Å². The maximum atomic E-state index is 13.1. The standard InChI is InChI=1S/C17H20FNO/c1-12-6-4-5-7-15(12)16(19-3)11-20-17-9-8-14(18)10-13(17)2/h4-10,16,19H,11H2,1-3H3. The number of rotatable bonds is 5. The van der Waals surface area contributed by atoms with Gasteiger partial charge in [0, 0.05) is 0 Å². The third-order valence-corrected chi connectivity index (χ3v) is 3.45. The highest BCUT2D eigenvalue weighted by molar-refractivity contribution is 5.33. The first-order chi connectivity index (χ1) is 9.61. The van der Waals surface area contributed by atoms with E-state index in [2.05, 4.69) is 24.4 Å². The van der Waals surface area contributed by atoms with Gasteiger partial charge in [0.25, 0.3) is 0 Å². The van der Waals surface area contributed by atoms with Gasteiger partial charge in [-0.1, -0.05) is 24.3 Å². The van der Waals surface area contributed by atoms with Crippen LogP contribution >= 0.6 is 0 Å². The summed E-state index contributed by atoms with van der Waals surface area (Å²) >= 11 is 0. The fourth-order valence-corrected chi connectivity index (χ4v) is 2.25. The molecule has 0 saturated heterocycles. The zero-order chi connectivity index (χ0) is 14.5. The Kier molecular flexibility index (Phi) is 4.74. The first kappa shape index (κ1) is 14.5. The predicted octanol–water partition coefficient (Wildman–Crippen LogP) is 3.78. The largest absolute Gasteiger partial charge is 0.491 e. The van der Waals surface area contributed by atoms with Crippen LogP contribution in [-0.2, 0) is 0 Å². The van der Waals surface area contributed by atoms with Crippen LogP contribution in [0.4, 0.5) is 4.39 Å². The van der Waals surface area contributed by atoms with Gasteiger partial charge in [-0.3, -0.25) is 0 Å². The summed E-state index contributed by atoms with van der Waals surface area (Å²) < 4.78 is 18.9. The number of nitrogens with one attached hydrogen (secondary N) is 1. The van der Waals surface area contributed by atoms with E-state index in [0.717, 1.165) is 11.3 Å². The van der Waals surface area contributed by atoms with Crippen LogP contribution in [0.1, 0.15) is 22.7 Å². The van der Waals surface area contributed by atoms with Crippen LogP contribution < -0.4 is 10.1 Å². The van der Waals surface area contributed by atoms with Crippen molar-refractivity contribution in [3.8, 4) is 5.75 Å². The molecule has 106 valence electrons. The first-order valence-corrected chi connectivity index (χ1v) is 6.73. The van der Waals surface area contributed by atoms with E-state index in [1.807, 2.05) is 26.1 Å². The van der Waals surface area contributed by atoms with Gasteiger partial charge in [0.1, 0.15) is 18.2 Å². The molecule has 1 unspecified atom stereocenters. The van der Waals surface area contributed by atoms with Gasteiger partial charge < -0.3 is 10.1 Å². The summed E-state index contributed by atoms with van der Waals surface area (Å²) in [5, 5.41) is 3.26. The number of aryl methyl sites for hydroxylation is 2. The molecule has 1 N–H and O–H groups in total. The lowest BCUT2D eigenvalue weighted by molar-refractivity contribution is 0.270. The second-order valence-electron chi connectivity index (χ2n) is 4.92. The number of halogens is 1. The van der Waals surface area contributed by atoms with Gasteiger partial charge in [0.05, 0.1) is 6.04 Å². The Morgan fingerprint density at radius 3 is 2.50 bits per heavy atom. The number of hydrogen-bond acceptors (Lipinski definition) is 2. The molecular formula is C17H20FNO. The molecule has 2 aromatic carbocycles. The molecule has 20 heavy (non-hydrogen) atoms. The maximum absolute atomic E-state index is 13.1. The molecular weight excluding hydrogens is 253 g/mol. The molecule has 0 aromatic heterocycles. The normalized spacial score (nSPS) is 12.2. The smallest absolute Gasteiger partial charge is 0.123 e. The molecule has 0 spiro atoms. The monoisotopic (exact) mass is 273 g/mol. The summed E-state index contributed by atoms with van der Waals surface area (Å²) in [6, 6.07) is 12.9. The third kappa shape index (κ3) is 3.36. The summed E-state index contributed by atoms with van der Waals surface area (Å²) in [5.74, 6) is 0.485. The Labute approximate surface area is 119 Å². The van der Waals surface area contributed by atoms with E-state index in [4.69, 9.17) is 4.74 Å². The van der Waals surface area contributed by atoms with Gasteiger partial charge in [-0.2, -0.15) is 0 Å². The molecule has 0 heterocycles. The molecule has 0 aliphatic rings. The van der Waals surface area contributed by atoms with Crippen molar-refractivity contribution in [3.63, 3.8) is 0 Å². The average molecular weight is 273 g/mol. The van der Waals surface area contributed by atoms with Crippen LogP contribution in [0, 0.1) is 19.7 Å². The van der Waals surface area contributed by atoms with Crippen molar-refractivity contribution in [1.82, 2.24) is 5.32 Å². The van der Waals surface area contributed by atoms with Crippen LogP contribution in [0.25, 0.3) is 0 Å². The zero-order valence-corrected chi connectivity index (χ0v) is 12.1. The summed E-state index contributed by atoms with van der Waals surface area (Å²) in [4.78, 5) is 0. The van der Waals surface area contributed by atoms with Gasteiger partial charge in [-0.05, 0) is 55.8 Å². The Morgan fingerprint density at radius 2 is 1.85 bits per heavy atom. The van der Waals surface area contributed by atoms with E-state index in [1.54, 1.807) is 6.07 Å². The molecule has 0 saturated carbocycles. The minimum atomic E-state index is -0.237. The Hall–Kier alpha value is -1.87. The minimum Gasteiger partial charge on any atom is -0.491 e. The minimum absolute atomic E-state index is 0.112. The quantitative estimate of drug-likeness (QED) is 0.895. The highest BCUT2D eigenvalue weighted by Crippen LogP contribution is 2.22. The van der Waals surface area contributed by atoms with Gasteiger partial charge >= 0.3 is 0 Å². The first-order valence-electron chi connectivity index (χ1n) is 6.73. The van der Waals surface area contributed by atoms with Crippen LogP contribution in [0.3, 0.4) is 0 Å². The second kappa shape index (κ2) is 6.53. The van der Waals surface area contributed by atoms with Crippen molar-refractivity contribution in [1.29, 1.82) is 0 Å². The molecule has 2 rings (SSSR count). The van der Waals surface area contributed by atoms with Crippen LogP contribution in [0.15, 0.2) is 42.5 Å². The maximum Gasteiger partial charge on any atom is 0.123 e. The number of likely N-dealkylation sites (N-methyl/N-ethyl adjacent to an activating group) is 1. The van der Waals surface area contributed by atoms with E-state index in [1.165, 1.54) is 23.3 Å². The van der Waals surface area contributed by atoms with Crippen LogP contribution in [0.2, 0.25) is 0 Å². The van der Waals surface area contributed by atoms with Crippen LogP contribution in [-0.4, -0.2) is 13.7 Å². The molecule has 1 atom stereocenters. The second-order valence-corrected chi connectivity index (χ2v) is 4.92. The third-order valence-electron chi connectivity index (χ3n) is 3.45. The lowest BCUT2D eigenvalue weighted by Crippen LogP contribution is -2.24. The Morgan fingerprint density at radius 1 is 1.10 bits per heavy atom. The van der Waals surface area contributed by atoms with E-state index < -0.39 is 0 Å². The van der Waals surface area contributed by atoms with Crippen LogP contribution in [0.5, 0.6) is 5.75 Å². The Balaban J connectivity index is 2.10. The molecule has 0 bridgehead atoms. The van der Waals surface area contributed by atoms with Gasteiger partial charge in [-0.25, -0.2) is 4.39 Å². The molecule has 0 radical (unpaired) electrons. The summed E-state index contributed by atoms with van der Waals surface area (Å²) in [7, 11) is 1.91. The molecule has 0 aliphatic carbocycles.